The number of ether oxygens (including phenoxy) is 1. The first kappa shape index (κ1) is 7.20. The van der Waals surface area contributed by atoms with E-state index in [-0.39, 0.29) is 0 Å². The first-order valence-corrected chi connectivity index (χ1v) is 4.02. The van der Waals surface area contributed by atoms with E-state index in [4.69, 9.17) is 4.74 Å². The quantitative estimate of drug-likeness (QED) is 0.570. The van der Waals surface area contributed by atoms with Gasteiger partial charge in [0.25, 0.3) is 0 Å². The summed E-state index contributed by atoms with van der Waals surface area (Å²) in [6.45, 7) is 4.35. The van der Waals surface area contributed by atoms with E-state index in [1.165, 1.54) is 5.56 Å². The van der Waals surface area contributed by atoms with Crippen LogP contribution in [0.15, 0.2) is 30.5 Å². The Bertz CT molecular complexity index is 346. The zero-order valence-corrected chi connectivity index (χ0v) is 6.84. The fourth-order valence-corrected chi connectivity index (χ4v) is 1.41. The van der Waals surface area contributed by atoms with Crippen molar-refractivity contribution < 1.29 is 4.74 Å². The molecule has 12 heavy (non-hydrogen) atoms. The van der Waals surface area contributed by atoms with Gasteiger partial charge >= 0.3 is 0 Å². The summed E-state index contributed by atoms with van der Waals surface area (Å²) >= 11 is 0. The molecule has 60 valence electrons. The van der Waals surface area contributed by atoms with Gasteiger partial charge in [-0.1, -0.05) is 12.6 Å². The summed E-state index contributed by atoms with van der Waals surface area (Å²) in [5, 5.41) is 0. The van der Waals surface area contributed by atoms with Crippen molar-refractivity contribution in [1.29, 1.82) is 0 Å². The Morgan fingerprint density at radius 1 is 1.50 bits per heavy atom. The lowest BCUT2D eigenvalue weighted by Gasteiger charge is -1.98. The molecule has 1 nitrogen and oxygen atoms in total. The molecular formula is C11H10O. The van der Waals surface area contributed by atoms with Crippen molar-refractivity contribution in [3.8, 4) is 5.75 Å². The Hall–Kier alpha value is -1.46. The topological polar surface area (TPSA) is 9.23 Å². The molecule has 1 heteroatoms. The number of hydrogen-bond acceptors (Lipinski definition) is 1. The monoisotopic (exact) mass is 158 g/mol. The highest BCUT2D eigenvalue weighted by Crippen LogP contribution is 2.25. The molecule has 0 aliphatic carbocycles. The molecule has 0 bridgehead atoms. The number of benzene rings is 1. The Morgan fingerprint density at radius 3 is 3.25 bits per heavy atom. The van der Waals surface area contributed by atoms with E-state index >= 15 is 0 Å². The van der Waals surface area contributed by atoms with Crippen molar-refractivity contribution in [2.24, 2.45) is 0 Å². The zero-order chi connectivity index (χ0) is 8.39. The summed E-state index contributed by atoms with van der Waals surface area (Å²) < 4.78 is 5.38. The largest absolute Gasteiger partial charge is 0.493 e. The molecule has 0 unspecified atom stereocenters. The van der Waals surface area contributed by atoms with E-state index < -0.39 is 0 Å². The van der Waals surface area contributed by atoms with Crippen molar-refractivity contribution in [1.82, 2.24) is 0 Å². The van der Waals surface area contributed by atoms with E-state index in [0.29, 0.717) is 0 Å². The highest BCUT2D eigenvalue weighted by atomic mass is 16.5. The third kappa shape index (κ3) is 1.15. The van der Waals surface area contributed by atoms with Crippen LogP contribution in [-0.4, -0.2) is 6.61 Å². The van der Waals surface area contributed by atoms with Gasteiger partial charge in [0, 0.05) is 6.42 Å². The summed E-state index contributed by atoms with van der Waals surface area (Å²) in [7, 11) is 0. The van der Waals surface area contributed by atoms with E-state index in [9.17, 15) is 0 Å². The van der Waals surface area contributed by atoms with E-state index in [1.807, 2.05) is 18.2 Å². The highest BCUT2D eigenvalue weighted by Gasteiger charge is 2.10. The lowest BCUT2D eigenvalue weighted by molar-refractivity contribution is 0.357. The minimum atomic E-state index is 0.816. The van der Waals surface area contributed by atoms with Crippen LogP contribution in [0.5, 0.6) is 5.75 Å². The molecule has 1 heterocycles. The highest BCUT2D eigenvalue weighted by molar-refractivity contribution is 5.53. The molecule has 0 N–H and O–H groups in total. The lowest BCUT2D eigenvalue weighted by Crippen LogP contribution is -1.85. The first-order chi connectivity index (χ1) is 5.90. The summed E-state index contributed by atoms with van der Waals surface area (Å²) in [4.78, 5) is 0. The lowest BCUT2D eigenvalue weighted by atomic mass is 10.1. The predicted octanol–water partition coefficient (Wildman–Crippen LogP) is 2.42. The Kier molecular flexibility index (Phi) is 1.73. The molecule has 0 fully saturated rings. The molecular weight excluding hydrogens is 148 g/mol. The van der Waals surface area contributed by atoms with Crippen molar-refractivity contribution >= 4 is 6.08 Å². The maximum atomic E-state index is 5.38. The molecule has 1 aliphatic heterocycles. The Labute approximate surface area is 72.0 Å². The standard InChI is InChI=1S/C11H10O/c1-2-3-9-4-5-11-10(8-9)6-7-12-11/h3-5,8H,1,6-7H2. The van der Waals surface area contributed by atoms with Gasteiger partial charge in [-0.25, -0.2) is 0 Å². The van der Waals surface area contributed by atoms with Gasteiger partial charge in [0.1, 0.15) is 5.75 Å². The van der Waals surface area contributed by atoms with Crippen molar-refractivity contribution in [2.75, 3.05) is 6.61 Å². The van der Waals surface area contributed by atoms with Gasteiger partial charge in [-0.05, 0) is 29.3 Å². The minimum Gasteiger partial charge on any atom is -0.493 e. The van der Waals surface area contributed by atoms with Crippen LogP contribution in [0.25, 0.3) is 6.08 Å². The molecule has 0 saturated heterocycles. The number of rotatable bonds is 1. The zero-order valence-electron chi connectivity index (χ0n) is 6.84. The van der Waals surface area contributed by atoms with Gasteiger partial charge in [-0.3, -0.25) is 0 Å². The maximum Gasteiger partial charge on any atom is 0.122 e. The van der Waals surface area contributed by atoms with E-state index in [1.54, 1.807) is 0 Å². The molecule has 2 rings (SSSR count). The van der Waals surface area contributed by atoms with Gasteiger partial charge in [0.05, 0.1) is 6.61 Å². The van der Waals surface area contributed by atoms with Crippen LogP contribution < -0.4 is 4.74 Å². The van der Waals surface area contributed by atoms with Crippen LogP contribution in [-0.2, 0) is 6.42 Å². The summed E-state index contributed by atoms with van der Waals surface area (Å²) in [5.74, 6) is 1.02. The van der Waals surface area contributed by atoms with Crippen LogP contribution >= 0.6 is 0 Å². The first-order valence-electron chi connectivity index (χ1n) is 4.02. The fraction of sp³-hybridized carbons (Fsp3) is 0.182. The molecule has 1 aliphatic rings. The minimum absolute atomic E-state index is 0.816. The molecule has 0 atom stereocenters. The van der Waals surface area contributed by atoms with Crippen LogP contribution in [0.1, 0.15) is 11.1 Å². The van der Waals surface area contributed by atoms with Crippen LogP contribution in [0, 0.1) is 0 Å². The Balaban J connectivity index is 2.45. The summed E-state index contributed by atoms with van der Waals surface area (Å²) in [6, 6.07) is 6.15. The molecule has 0 spiro atoms. The van der Waals surface area contributed by atoms with Gasteiger partial charge in [0.2, 0.25) is 0 Å². The second-order valence-corrected chi connectivity index (χ2v) is 2.81. The third-order valence-corrected chi connectivity index (χ3v) is 1.98. The Morgan fingerprint density at radius 2 is 2.42 bits per heavy atom. The third-order valence-electron chi connectivity index (χ3n) is 1.98. The predicted molar refractivity (Wildman–Crippen MR) is 49.2 cm³/mol. The van der Waals surface area contributed by atoms with Crippen molar-refractivity contribution in [3.63, 3.8) is 0 Å². The average molecular weight is 158 g/mol. The molecule has 0 radical (unpaired) electrons. The van der Waals surface area contributed by atoms with Gasteiger partial charge < -0.3 is 4.74 Å². The van der Waals surface area contributed by atoms with E-state index in [0.717, 1.165) is 24.3 Å². The summed E-state index contributed by atoms with van der Waals surface area (Å²) in [6.07, 6.45) is 2.90. The van der Waals surface area contributed by atoms with Crippen molar-refractivity contribution in [2.45, 2.75) is 6.42 Å². The van der Waals surface area contributed by atoms with E-state index in [2.05, 4.69) is 18.4 Å². The van der Waals surface area contributed by atoms with Crippen LogP contribution in [0.2, 0.25) is 0 Å². The summed E-state index contributed by atoms with van der Waals surface area (Å²) in [5.41, 5.74) is 5.20. The average Bonchev–Trinajstić information content (AvgIpc) is 2.51. The fourth-order valence-electron chi connectivity index (χ4n) is 1.41. The second-order valence-electron chi connectivity index (χ2n) is 2.81. The molecule has 0 aromatic heterocycles. The normalized spacial score (nSPS) is 13.0. The number of hydrogen-bond donors (Lipinski definition) is 0. The van der Waals surface area contributed by atoms with Gasteiger partial charge in [0.15, 0.2) is 0 Å². The number of fused-ring (bicyclic) bond motifs is 1. The molecule has 1 aromatic rings. The van der Waals surface area contributed by atoms with Crippen LogP contribution in [0.3, 0.4) is 0 Å². The van der Waals surface area contributed by atoms with Gasteiger partial charge in [-0.2, -0.15) is 0 Å². The molecule has 0 saturated carbocycles. The van der Waals surface area contributed by atoms with Crippen molar-refractivity contribution in [3.05, 3.63) is 41.6 Å². The molecule has 1 aromatic carbocycles. The smallest absolute Gasteiger partial charge is 0.122 e. The second kappa shape index (κ2) is 2.88. The maximum absolute atomic E-state index is 5.38. The SMILES string of the molecule is C=C=Cc1ccc2c(c1)CCO2. The van der Waals surface area contributed by atoms with Crippen LogP contribution in [0.4, 0.5) is 0 Å². The molecule has 0 amide bonds. The van der Waals surface area contributed by atoms with Gasteiger partial charge in [-0.15, -0.1) is 5.73 Å².